The van der Waals surface area contributed by atoms with Crippen LogP contribution >= 0.6 is 0 Å². The topological polar surface area (TPSA) is 118 Å². The second-order valence-corrected chi connectivity index (χ2v) is 11.3. The Hall–Kier alpha value is -2.78. The van der Waals surface area contributed by atoms with Crippen LogP contribution < -0.4 is 15.1 Å². The van der Waals surface area contributed by atoms with Crippen molar-refractivity contribution in [3.05, 3.63) is 29.6 Å². The molecular formula is C27H39N4O5+. The summed E-state index contributed by atoms with van der Waals surface area (Å²) in [4.78, 5) is 43.3. The van der Waals surface area contributed by atoms with Gasteiger partial charge in [-0.3, -0.25) is 4.79 Å². The highest BCUT2D eigenvalue weighted by Crippen LogP contribution is 2.46. The summed E-state index contributed by atoms with van der Waals surface area (Å²) < 4.78 is 4.41. The van der Waals surface area contributed by atoms with Crippen LogP contribution in [0, 0.1) is 5.92 Å². The molecule has 0 aromatic carbocycles. The number of esters is 1. The molecule has 2 atom stereocenters. The van der Waals surface area contributed by atoms with Crippen molar-refractivity contribution >= 4 is 29.4 Å². The predicted octanol–water partition coefficient (Wildman–Crippen LogP) is 4.10. The molecule has 3 N–H and O–H groups in total. The van der Waals surface area contributed by atoms with Gasteiger partial charge in [-0.2, -0.15) is 4.79 Å². The molecule has 196 valence electrons. The summed E-state index contributed by atoms with van der Waals surface area (Å²) in [6, 6.07) is 1.68. The molecule has 1 unspecified atom stereocenters. The van der Waals surface area contributed by atoms with E-state index >= 15 is 0 Å². The van der Waals surface area contributed by atoms with Gasteiger partial charge in [0.1, 0.15) is 17.3 Å². The first-order chi connectivity index (χ1) is 17.1. The number of carboxylic acid groups (broad SMARTS) is 1. The fourth-order valence-corrected chi connectivity index (χ4v) is 6.07. The number of aromatic nitrogens is 1. The van der Waals surface area contributed by atoms with Gasteiger partial charge in [-0.15, -0.1) is 4.48 Å². The van der Waals surface area contributed by atoms with Crippen LogP contribution in [-0.2, 0) is 20.9 Å². The Morgan fingerprint density at radius 1 is 1.14 bits per heavy atom. The average molecular weight is 500 g/mol. The molecule has 1 aliphatic heterocycles. The largest absolute Gasteiger partial charge is 0.525 e. The summed E-state index contributed by atoms with van der Waals surface area (Å²) in [5.41, 5.74) is 0.556. The SMILES string of the molecule is COC(=O)C1=C[N+](C(=O)O)(C(C)(C)C)c2nccc(CN[C@@H](C(=O)NC3CCCC3)C3CCCC3)c21. The van der Waals surface area contributed by atoms with Gasteiger partial charge in [-0.05, 0) is 64.0 Å². The number of carbonyl (C=O) groups is 3. The number of fused-ring (bicyclic) bond motifs is 1. The molecule has 2 heterocycles. The molecule has 9 nitrogen and oxygen atoms in total. The monoisotopic (exact) mass is 499 g/mol. The summed E-state index contributed by atoms with van der Waals surface area (Å²) in [7, 11) is 1.28. The van der Waals surface area contributed by atoms with Gasteiger partial charge in [-0.25, -0.2) is 9.78 Å². The molecule has 0 spiro atoms. The minimum Gasteiger partial charge on any atom is -0.465 e. The Morgan fingerprint density at radius 3 is 2.36 bits per heavy atom. The molecule has 9 heteroatoms. The average Bonchev–Trinajstić information content (AvgIpc) is 3.59. The van der Waals surface area contributed by atoms with Crippen LogP contribution in [0.5, 0.6) is 0 Å². The third kappa shape index (κ3) is 4.66. The quantitative estimate of drug-likeness (QED) is 0.382. The summed E-state index contributed by atoms with van der Waals surface area (Å²) in [6.45, 7) is 5.72. The van der Waals surface area contributed by atoms with Crippen molar-refractivity contribution in [3.63, 3.8) is 0 Å². The van der Waals surface area contributed by atoms with E-state index in [1.807, 2.05) is 0 Å². The second kappa shape index (κ2) is 10.3. The van der Waals surface area contributed by atoms with Crippen LogP contribution in [-0.4, -0.2) is 52.8 Å². The Kier molecular flexibility index (Phi) is 7.52. The molecule has 2 saturated carbocycles. The van der Waals surface area contributed by atoms with E-state index in [-0.39, 0.29) is 35.3 Å². The molecule has 2 aliphatic carbocycles. The number of methoxy groups -OCH3 is 1. The number of nitrogens with zero attached hydrogens (tertiary/aromatic N) is 2. The van der Waals surface area contributed by atoms with Crippen molar-refractivity contribution in [1.29, 1.82) is 0 Å². The van der Waals surface area contributed by atoms with E-state index in [1.165, 1.54) is 13.3 Å². The molecule has 0 saturated heterocycles. The van der Waals surface area contributed by atoms with Crippen molar-refractivity contribution in [2.45, 2.75) is 96.3 Å². The summed E-state index contributed by atoms with van der Waals surface area (Å²) in [6.07, 6.45) is 10.5. The highest BCUT2D eigenvalue weighted by molar-refractivity contribution is 6.21. The Labute approximate surface area is 212 Å². The van der Waals surface area contributed by atoms with Gasteiger partial charge in [0.2, 0.25) is 5.91 Å². The smallest absolute Gasteiger partial charge is 0.465 e. The van der Waals surface area contributed by atoms with E-state index in [4.69, 9.17) is 4.74 Å². The van der Waals surface area contributed by atoms with E-state index in [0.717, 1.165) is 56.9 Å². The summed E-state index contributed by atoms with van der Waals surface area (Å²) in [5, 5.41) is 17.1. The maximum atomic E-state index is 13.3. The Morgan fingerprint density at radius 2 is 1.78 bits per heavy atom. The second-order valence-electron chi connectivity index (χ2n) is 11.3. The molecule has 2 amide bonds. The van der Waals surface area contributed by atoms with Crippen LogP contribution in [0.3, 0.4) is 0 Å². The number of carbonyl (C=O) groups excluding carboxylic acids is 2. The van der Waals surface area contributed by atoms with Gasteiger partial charge < -0.3 is 20.5 Å². The lowest BCUT2D eigenvalue weighted by atomic mass is 9.95. The predicted molar refractivity (Wildman–Crippen MR) is 137 cm³/mol. The molecule has 36 heavy (non-hydrogen) atoms. The summed E-state index contributed by atoms with van der Waals surface area (Å²) in [5.74, 6) is -0.0428. The highest BCUT2D eigenvalue weighted by atomic mass is 16.5. The number of ether oxygens (including phenoxy) is 1. The van der Waals surface area contributed by atoms with Crippen LogP contribution in [0.25, 0.3) is 5.57 Å². The highest BCUT2D eigenvalue weighted by Gasteiger charge is 2.57. The molecule has 3 aliphatic rings. The first-order valence-corrected chi connectivity index (χ1v) is 13.1. The normalized spacial score (nSPS) is 23.3. The molecule has 0 radical (unpaired) electrons. The van der Waals surface area contributed by atoms with E-state index < -0.39 is 22.1 Å². The number of pyridine rings is 1. The Bertz CT molecular complexity index is 1050. The van der Waals surface area contributed by atoms with E-state index in [1.54, 1.807) is 33.0 Å². The third-order valence-corrected chi connectivity index (χ3v) is 8.08. The molecular weight excluding hydrogens is 460 g/mol. The van der Waals surface area contributed by atoms with Crippen LogP contribution in [0.1, 0.15) is 83.3 Å². The molecule has 2 fully saturated rings. The van der Waals surface area contributed by atoms with Gasteiger partial charge >= 0.3 is 12.1 Å². The number of hydrogen-bond acceptors (Lipinski definition) is 6. The number of amides is 2. The van der Waals surface area contributed by atoms with Crippen molar-refractivity contribution in [1.82, 2.24) is 20.1 Å². The van der Waals surface area contributed by atoms with Gasteiger partial charge in [0.05, 0.1) is 18.7 Å². The van der Waals surface area contributed by atoms with E-state index in [2.05, 4.69) is 15.6 Å². The zero-order valence-electron chi connectivity index (χ0n) is 21.8. The zero-order chi connectivity index (χ0) is 26.1. The summed E-state index contributed by atoms with van der Waals surface area (Å²) >= 11 is 0. The number of rotatable bonds is 7. The number of quaternary nitrogens is 1. The van der Waals surface area contributed by atoms with Gasteiger partial charge in [0, 0.05) is 18.8 Å². The van der Waals surface area contributed by atoms with Crippen LogP contribution in [0.2, 0.25) is 0 Å². The standard InChI is InChI=1S/C27H38N4O5/c1-27(2,3)31(26(34)35)16-20(25(33)36-4)21-18(13-14-28-23(21)31)15-29-22(17-9-5-6-10-17)24(32)30-19-11-7-8-12-19/h13-14,16-17,19,22,29H,5-12,15H2,1-4H3,(H-,30,32,34,35)/p+1/t22-,31?/m1/s1. The fourth-order valence-electron chi connectivity index (χ4n) is 6.07. The lowest BCUT2D eigenvalue weighted by Gasteiger charge is -2.37. The maximum Gasteiger partial charge on any atom is 0.525 e. The van der Waals surface area contributed by atoms with Crippen molar-refractivity contribution in [2.75, 3.05) is 7.11 Å². The van der Waals surface area contributed by atoms with Crippen LogP contribution in [0.15, 0.2) is 18.5 Å². The number of hydrogen-bond donors (Lipinski definition) is 3. The lowest BCUT2D eigenvalue weighted by Crippen LogP contribution is -2.60. The third-order valence-electron chi connectivity index (χ3n) is 8.08. The first-order valence-electron chi connectivity index (χ1n) is 13.1. The Balaban J connectivity index is 1.68. The minimum absolute atomic E-state index is 0.0357. The number of nitrogens with one attached hydrogen (secondary N) is 2. The van der Waals surface area contributed by atoms with Crippen LogP contribution in [0.4, 0.5) is 10.6 Å². The van der Waals surface area contributed by atoms with E-state index in [9.17, 15) is 19.5 Å². The fraction of sp³-hybridized carbons (Fsp3) is 0.630. The zero-order valence-corrected chi connectivity index (χ0v) is 21.8. The first kappa shape index (κ1) is 26.3. The molecule has 0 bridgehead atoms. The lowest BCUT2D eigenvalue weighted by molar-refractivity contribution is -0.133. The van der Waals surface area contributed by atoms with Gasteiger partial charge in [0.15, 0.2) is 0 Å². The van der Waals surface area contributed by atoms with E-state index in [0.29, 0.717) is 12.1 Å². The van der Waals surface area contributed by atoms with Gasteiger partial charge in [0.25, 0.3) is 5.82 Å². The van der Waals surface area contributed by atoms with Crippen molar-refractivity contribution < 1.29 is 24.2 Å². The molecule has 4 rings (SSSR count). The van der Waals surface area contributed by atoms with Crippen molar-refractivity contribution in [2.24, 2.45) is 5.92 Å². The van der Waals surface area contributed by atoms with Crippen molar-refractivity contribution in [3.8, 4) is 0 Å². The minimum atomic E-state index is -1.12. The molecule has 1 aromatic rings. The van der Waals surface area contributed by atoms with Gasteiger partial charge in [-0.1, -0.05) is 25.7 Å². The molecule has 1 aromatic heterocycles. The maximum absolute atomic E-state index is 13.3.